The fraction of sp³-hybridized carbons (Fsp3) is 0.619. The third kappa shape index (κ3) is 5.61. The summed E-state index contributed by atoms with van der Waals surface area (Å²) < 4.78 is 0. The normalized spacial score (nSPS) is 20.8. The lowest BCUT2D eigenvalue weighted by Crippen LogP contribution is -2.48. The Labute approximate surface area is 167 Å². The molecule has 1 aromatic carbocycles. The van der Waals surface area contributed by atoms with Gasteiger partial charge in [-0.3, -0.25) is 9.69 Å². The highest BCUT2D eigenvalue weighted by molar-refractivity contribution is 5.76. The number of nitrogens with one attached hydrogen (secondary N) is 1. The van der Waals surface area contributed by atoms with E-state index < -0.39 is 11.9 Å². The van der Waals surface area contributed by atoms with Crippen molar-refractivity contribution in [3.63, 3.8) is 0 Å². The van der Waals surface area contributed by atoms with E-state index in [9.17, 15) is 9.59 Å². The van der Waals surface area contributed by atoms with Crippen molar-refractivity contribution in [3.8, 4) is 0 Å². The Hall–Kier alpha value is -2.28. The van der Waals surface area contributed by atoms with Crippen LogP contribution in [0.3, 0.4) is 0 Å². The number of aryl methyl sites for hydroxylation is 1. The van der Waals surface area contributed by atoms with E-state index in [0.29, 0.717) is 26.1 Å². The van der Waals surface area contributed by atoms with Gasteiger partial charge in [-0.25, -0.2) is 4.79 Å². The number of carboxylic acid groups (broad SMARTS) is 1. The molecule has 2 heterocycles. The second kappa shape index (κ2) is 9.78. The second-order valence-corrected chi connectivity index (χ2v) is 7.88. The fourth-order valence-corrected chi connectivity index (χ4v) is 4.03. The number of carbonyl (C=O) groups excluding carboxylic acids is 1. The maximum Gasteiger partial charge on any atom is 0.317 e. The average Bonchev–Trinajstić information content (AvgIpc) is 2.71. The monoisotopic (exact) mass is 388 g/mol. The van der Waals surface area contributed by atoms with Gasteiger partial charge in [0.15, 0.2) is 0 Å². The first-order valence-corrected chi connectivity index (χ1v) is 10.3. The molecule has 2 aliphatic rings. The van der Waals surface area contributed by atoms with Crippen LogP contribution >= 0.6 is 0 Å². The highest BCUT2D eigenvalue weighted by Crippen LogP contribution is 2.18. The summed E-state index contributed by atoms with van der Waals surface area (Å²) in [6, 6.07) is 8.52. The van der Waals surface area contributed by atoms with E-state index in [-0.39, 0.29) is 6.03 Å². The van der Waals surface area contributed by atoms with Crippen LogP contribution in [0.15, 0.2) is 24.3 Å². The molecule has 154 valence electrons. The number of amides is 2. The van der Waals surface area contributed by atoms with Crippen LogP contribution in [0, 0.1) is 12.8 Å². The molecule has 0 aliphatic carbocycles. The van der Waals surface area contributed by atoms with E-state index in [0.717, 1.165) is 45.6 Å². The van der Waals surface area contributed by atoms with Gasteiger partial charge in [0, 0.05) is 51.5 Å². The minimum Gasteiger partial charge on any atom is -0.481 e. The van der Waals surface area contributed by atoms with Crippen molar-refractivity contribution >= 4 is 17.7 Å². The summed E-state index contributed by atoms with van der Waals surface area (Å²) in [7, 11) is 0. The fourth-order valence-electron chi connectivity index (χ4n) is 4.03. The molecule has 7 heteroatoms. The molecule has 0 bridgehead atoms. The number of rotatable bonds is 6. The third-order valence-electron chi connectivity index (χ3n) is 5.72. The smallest absolute Gasteiger partial charge is 0.317 e. The third-order valence-corrected chi connectivity index (χ3v) is 5.72. The lowest BCUT2D eigenvalue weighted by Gasteiger charge is -2.36. The zero-order valence-electron chi connectivity index (χ0n) is 16.8. The van der Waals surface area contributed by atoms with Crippen LogP contribution in [0.25, 0.3) is 0 Å². The van der Waals surface area contributed by atoms with Gasteiger partial charge in [0.25, 0.3) is 0 Å². The van der Waals surface area contributed by atoms with E-state index in [1.807, 2.05) is 0 Å². The standard InChI is InChI=1S/C21H32N4O3/c1-17-5-2-7-19(15-17)24-13-11-23(12-14-24)9-4-8-22-21(28)25-10-3-6-18(16-25)20(26)27/h2,5,7,15,18H,3-4,6,8-14,16H2,1H3,(H,22,28)(H,26,27). The van der Waals surface area contributed by atoms with Crippen LogP contribution in [-0.4, -0.2) is 79.3 Å². The molecule has 2 aliphatic heterocycles. The number of carbonyl (C=O) groups is 2. The Kier molecular flexibility index (Phi) is 7.14. The molecule has 2 saturated heterocycles. The summed E-state index contributed by atoms with van der Waals surface area (Å²) in [5.74, 6) is -1.23. The quantitative estimate of drug-likeness (QED) is 0.729. The summed E-state index contributed by atoms with van der Waals surface area (Å²) in [6.45, 7) is 8.83. The van der Waals surface area contributed by atoms with Crippen LogP contribution in [-0.2, 0) is 4.79 Å². The van der Waals surface area contributed by atoms with E-state index in [1.165, 1.54) is 11.3 Å². The van der Waals surface area contributed by atoms with Gasteiger partial charge in [-0.15, -0.1) is 0 Å². The number of piperidine rings is 1. The van der Waals surface area contributed by atoms with Crippen LogP contribution < -0.4 is 10.2 Å². The SMILES string of the molecule is Cc1cccc(N2CCN(CCCNC(=O)N3CCCC(C(=O)O)C3)CC2)c1. The highest BCUT2D eigenvalue weighted by Gasteiger charge is 2.27. The Morgan fingerprint density at radius 1 is 1.18 bits per heavy atom. The number of anilines is 1. The van der Waals surface area contributed by atoms with Gasteiger partial charge >= 0.3 is 12.0 Å². The average molecular weight is 389 g/mol. The Morgan fingerprint density at radius 2 is 1.96 bits per heavy atom. The Bertz CT molecular complexity index is 673. The molecule has 0 radical (unpaired) electrons. The van der Waals surface area contributed by atoms with Crippen LogP contribution in [0.1, 0.15) is 24.8 Å². The number of hydrogen-bond acceptors (Lipinski definition) is 4. The van der Waals surface area contributed by atoms with Crippen molar-refractivity contribution in [2.45, 2.75) is 26.2 Å². The maximum atomic E-state index is 12.2. The van der Waals surface area contributed by atoms with Crippen molar-refractivity contribution in [2.75, 3.05) is 57.3 Å². The number of nitrogens with zero attached hydrogens (tertiary/aromatic N) is 3. The summed E-state index contributed by atoms with van der Waals surface area (Å²) in [6.07, 6.45) is 2.33. The molecule has 2 fully saturated rings. The Balaban J connectivity index is 1.32. The predicted octanol–water partition coefficient (Wildman–Crippen LogP) is 2.01. The van der Waals surface area contributed by atoms with Gasteiger partial charge in [0.1, 0.15) is 0 Å². The molecule has 3 rings (SSSR count). The lowest BCUT2D eigenvalue weighted by atomic mass is 9.99. The van der Waals surface area contributed by atoms with E-state index in [4.69, 9.17) is 5.11 Å². The molecule has 1 unspecified atom stereocenters. The number of aliphatic carboxylic acids is 1. The zero-order chi connectivity index (χ0) is 19.9. The summed E-state index contributed by atoms with van der Waals surface area (Å²) in [5, 5.41) is 12.1. The summed E-state index contributed by atoms with van der Waals surface area (Å²) in [4.78, 5) is 29.9. The zero-order valence-corrected chi connectivity index (χ0v) is 16.8. The first kappa shape index (κ1) is 20.5. The van der Waals surface area contributed by atoms with Crippen LogP contribution in [0.2, 0.25) is 0 Å². The van der Waals surface area contributed by atoms with Crippen molar-refractivity contribution in [1.29, 1.82) is 0 Å². The topological polar surface area (TPSA) is 76.1 Å². The Morgan fingerprint density at radius 3 is 2.68 bits per heavy atom. The van der Waals surface area contributed by atoms with Crippen molar-refractivity contribution in [1.82, 2.24) is 15.1 Å². The molecular formula is C21H32N4O3. The molecule has 1 atom stereocenters. The van der Waals surface area contributed by atoms with Crippen molar-refractivity contribution in [3.05, 3.63) is 29.8 Å². The molecule has 1 aromatic rings. The van der Waals surface area contributed by atoms with Gasteiger partial charge in [-0.05, 0) is 50.4 Å². The lowest BCUT2D eigenvalue weighted by molar-refractivity contribution is -0.143. The number of carboxylic acids is 1. The van der Waals surface area contributed by atoms with Gasteiger partial charge in [0.05, 0.1) is 5.92 Å². The van der Waals surface area contributed by atoms with Crippen molar-refractivity contribution < 1.29 is 14.7 Å². The summed E-state index contributed by atoms with van der Waals surface area (Å²) in [5.41, 5.74) is 2.59. The van der Waals surface area contributed by atoms with Gasteiger partial charge in [-0.2, -0.15) is 0 Å². The molecule has 2 N–H and O–H groups in total. The molecule has 0 spiro atoms. The van der Waals surface area contributed by atoms with E-state index in [2.05, 4.69) is 46.3 Å². The molecule has 28 heavy (non-hydrogen) atoms. The van der Waals surface area contributed by atoms with E-state index in [1.54, 1.807) is 4.90 Å². The molecule has 7 nitrogen and oxygen atoms in total. The minimum absolute atomic E-state index is 0.129. The van der Waals surface area contributed by atoms with E-state index >= 15 is 0 Å². The van der Waals surface area contributed by atoms with Gasteiger partial charge in [-0.1, -0.05) is 12.1 Å². The largest absolute Gasteiger partial charge is 0.481 e. The van der Waals surface area contributed by atoms with Gasteiger partial charge in [0.2, 0.25) is 0 Å². The number of likely N-dealkylation sites (tertiary alicyclic amines) is 1. The number of hydrogen-bond donors (Lipinski definition) is 2. The van der Waals surface area contributed by atoms with Crippen LogP contribution in [0.5, 0.6) is 0 Å². The number of urea groups is 1. The minimum atomic E-state index is -0.803. The summed E-state index contributed by atoms with van der Waals surface area (Å²) >= 11 is 0. The van der Waals surface area contributed by atoms with Gasteiger partial charge < -0.3 is 20.2 Å². The molecule has 0 saturated carbocycles. The number of piperazine rings is 1. The molecule has 2 amide bonds. The first-order chi connectivity index (χ1) is 13.5. The maximum absolute atomic E-state index is 12.2. The highest BCUT2D eigenvalue weighted by atomic mass is 16.4. The first-order valence-electron chi connectivity index (χ1n) is 10.3. The molecule has 0 aromatic heterocycles. The predicted molar refractivity (Wildman–Crippen MR) is 110 cm³/mol. The number of benzene rings is 1. The van der Waals surface area contributed by atoms with Crippen LogP contribution in [0.4, 0.5) is 10.5 Å². The second-order valence-electron chi connectivity index (χ2n) is 7.88. The molecular weight excluding hydrogens is 356 g/mol. The van der Waals surface area contributed by atoms with Crippen molar-refractivity contribution in [2.24, 2.45) is 5.92 Å².